The topological polar surface area (TPSA) is 535 Å². The van der Waals surface area contributed by atoms with Gasteiger partial charge >= 0.3 is 18.2 Å². The lowest BCUT2D eigenvalue weighted by Gasteiger charge is -2.30. The molecule has 16 N–H and O–H groups in total. The summed E-state index contributed by atoms with van der Waals surface area (Å²) < 4.78 is 89.9. The molecule has 0 radical (unpaired) electrons. The summed E-state index contributed by atoms with van der Waals surface area (Å²) in [4.78, 5) is 167. The average molecular weight is 1810 g/mol. The van der Waals surface area contributed by atoms with E-state index in [9.17, 15) is 60.3 Å². The lowest BCUT2D eigenvalue weighted by molar-refractivity contribution is -0.158. The van der Waals surface area contributed by atoms with Crippen molar-refractivity contribution >= 4 is 97.4 Å². The first-order chi connectivity index (χ1) is 58.4. The fourth-order valence-corrected chi connectivity index (χ4v) is 17.9. The Hall–Kier alpha value is -10.6. The smallest absolute Gasteiger partial charge is 0.408 e. The highest BCUT2D eigenvalue weighted by molar-refractivity contribution is 7.90. The Morgan fingerprint density at radius 1 is 0.548 bits per heavy atom. The number of alkyl carbamates (subject to hydrolysis) is 2. The highest BCUT2D eigenvalue weighted by Crippen LogP contribution is 2.42. The molecule has 37 nitrogen and oxygen atoms in total. The number of unbranched alkanes of at least 4 members (excludes halogenated alkanes) is 1. The minimum Gasteiger partial charge on any atom is -0.487 e. The quantitative estimate of drug-likeness (QED) is 0.0114. The molecule has 3 aromatic rings. The van der Waals surface area contributed by atoms with Crippen LogP contribution in [0, 0.1) is 33.6 Å². The molecule has 39 heteroatoms. The molecule has 0 bridgehead atoms. The van der Waals surface area contributed by atoms with Gasteiger partial charge < -0.3 is 93.0 Å². The molecule has 702 valence electrons. The number of fused-ring (bicyclic) bond motifs is 2. The third-order valence-corrected chi connectivity index (χ3v) is 23.9. The first-order valence-corrected chi connectivity index (χ1v) is 45.9. The van der Waals surface area contributed by atoms with E-state index < -0.39 is 186 Å². The monoisotopic (exact) mass is 1800 g/mol. The summed E-state index contributed by atoms with van der Waals surface area (Å²) in [5, 5.41) is 34.3. The zero-order valence-electron chi connectivity index (χ0n) is 76.9. The maximum atomic E-state index is 15.4. The fraction of sp³-hybridized carbons (Fsp3) is 0.644. The standard InChI is InChI=1S/C87H136N16O21S2/c1-22-59(94-71(106)54(8)93-73(108)62(100-82(115)124-85(15,16)17)34-26-27-37-92-81(114)123-84(12,13)14)72(107)95-60(35-28-38-90-79(88)101-125(116,117)69-50(4)42-66-57(52(69)6)46-86(18,19)120-66)74(109)96-61(36-29-39-91-80(89)102-126(118,119)70-51(5)43-67-58(53(70)7)47-87(20,21)121-67)75(110)97-63(41-49(2)3)76(111)98-64(44-55-31-24-23-25-32-55)77(112)99-65(45-68(105)122-83(9,10)11)78(113)103-40-30-33-56(103)48-104/h23-25,31-32,42-43,49,54,56,59-65,104H,22,26-30,33-41,44-48H2,1-21H3,(H,92,114)(H,93,108)(H,94,106)(H,95,107)(H,96,109)(H,97,110)(H,98,111)(H,99,112)(H,100,115)(H3,88,90,101)(H3,89,91,102)/t54-,56-,59-,60-,61-,62-,63-,64-,65-/m0/s1. The summed E-state index contributed by atoms with van der Waals surface area (Å²) in [5.41, 5.74) is 12.3. The Morgan fingerprint density at radius 2 is 0.968 bits per heavy atom. The largest absolute Gasteiger partial charge is 0.487 e. The van der Waals surface area contributed by atoms with Crippen molar-refractivity contribution in [3.05, 3.63) is 81.4 Å². The molecule has 126 heavy (non-hydrogen) atoms. The van der Waals surface area contributed by atoms with E-state index in [1.807, 2.05) is 27.7 Å². The van der Waals surface area contributed by atoms with E-state index in [2.05, 4.69) is 67.3 Å². The van der Waals surface area contributed by atoms with E-state index in [0.717, 1.165) is 0 Å². The van der Waals surface area contributed by atoms with E-state index in [4.69, 9.17) is 35.2 Å². The van der Waals surface area contributed by atoms with Gasteiger partial charge in [-0.15, -0.1) is 0 Å². The maximum Gasteiger partial charge on any atom is 0.408 e. The van der Waals surface area contributed by atoms with Crippen molar-refractivity contribution in [2.24, 2.45) is 27.4 Å². The Labute approximate surface area is 741 Å². The van der Waals surface area contributed by atoms with Crippen LogP contribution in [-0.4, -0.2) is 219 Å². The first kappa shape index (κ1) is 104. The van der Waals surface area contributed by atoms with Crippen LogP contribution in [0.3, 0.4) is 0 Å². The van der Waals surface area contributed by atoms with Crippen molar-refractivity contribution in [2.75, 3.05) is 32.8 Å². The number of amides is 10. The second kappa shape index (κ2) is 44.7. The SMILES string of the molecule is CC[C@H](NC(=O)[C@H](C)NC(=O)[C@H](CCCCNC(=O)OC(C)(C)C)NC(=O)OC(C)(C)C)C(=O)N[C@@H](CCCN=C(N)NS(=O)(=O)c1c(C)cc2c(c1C)CC(C)(C)O2)C(=O)N[C@@H](CCCN=C(N)NS(=O)(=O)c1c(C)cc2c(c1C)CC(C)(C)O2)C(=O)N[C@@H](CC(C)C)C(=O)N[C@@H](Cc1ccccc1)C(=O)N[C@@H](CC(=O)OC(C)(C)C)C(=O)N1CCC[C@H]1CO. The van der Waals surface area contributed by atoms with Crippen LogP contribution < -0.4 is 78.2 Å². The van der Waals surface area contributed by atoms with Crippen molar-refractivity contribution in [1.82, 2.24) is 62.2 Å². The number of guanidine groups is 2. The molecule has 3 aliphatic rings. The normalized spacial score (nSPS) is 16.9. The molecule has 3 heterocycles. The van der Waals surface area contributed by atoms with Crippen LogP contribution in [0.25, 0.3) is 0 Å². The molecule has 9 atom stereocenters. The molecule has 3 aromatic carbocycles. The second-order valence-electron chi connectivity index (χ2n) is 37.1. The molecule has 10 amide bonds. The summed E-state index contributed by atoms with van der Waals surface area (Å²) in [6, 6.07) is -0.818. The molecule has 3 aliphatic heterocycles. The van der Waals surface area contributed by atoms with Gasteiger partial charge in [-0.2, -0.15) is 0 Å². The molecule has 1 saturated heterocycles. The number of benzene rings is 3. The zero-order chi connectivity index (χ0) is 94.5. The summed E-state index contributed by atoms with van der Waals surface area (Å²) in [6.07, 6.45) is -1.13. The number of sulfonamides is 2. The number of rotatable bonds is 41. The third kappa shape index (κ3) is 32.4. The number of nitrogens with one attached hydrogen (secondary N) is 11. The minimum atomic E-state index is -4.40. The van der Waals surface area contributed by atoms with Crippen LogP contribution in [0.2, 0.25) is 0 Å². The molecule has 0 spiro atoms. The van der Waals surface area contributed by atoms with Crippen molar-refractivity contribution in [3.8, 4) is 11.5 Å². The van der Waals surface area contributed by atoms with Gasteiger partial charge in [-0.3, -0.25) is 53.1 Å². The number of ether oxygens (including phenoxy) is 5. The molecule has 0 saturated carbocycles. The van der Waals surface area contributed by atoms with Gasteiger partial charge in [0.15, 0.2) is 0 Å². The van der Waals surface area contributed by atoms with Crippen LogP contribution in [-0.2, 0) is 96.7 Å². The summed E-state index contributed by atoms with van der Waals surface area (Å²) in [5.74, 6) is -8.37. The van der Waals surface area contributed by atoms with Crippen molar-refractivity contribution in [1.29, 1.82) is 0 Å². The first-order valence-electron chi connectivity index (χ1n) is 43.0. The minimum absolute atomic E-state index is 0.0139. The van der Waals surface area contributed by atoms with Crippen molar-refractivity contribution in [2.45, 2.75) is 334 Å². The van der Waals surface area contributed by atoms with Gasteiger partial charge in [0.25, 0.3) is 20.0 Å². The van der Waals surface area contributed by atoms with Gasteiger partial charge in [-0.05, 0) is 241 Å². The van der Waals surface area contributed by atoms with Gasteiger partial charge in [-0.25, -0.2) is 35.9 Å². The number of nitrogens with zero attached hydrogens (tertiary/aromatic N) is 3. The molecule has 1 fully saturated rings. The number of carbonyl (C=O) groups is 11. The fourth-order valence-electron chi connectivity index (χ4n) is 15.0. The van der Waals surface area contributed by atoms with Gasteiger partial charge in [-0.1, -0.05) is 51.1 Å². The summed E-state index contributed by atoms with van der Waals surface area (Å²) in [7, 11) is -8.80. The predicted octanol–water partition coefficient (Wildman–Crippen LogP) is 5.21. The number of hydrogen-bond acceptors (Lipinski definition) is 23. The van der Waals surface area contributed by atoms with Crippen molar-refractivity contribution in [3.63, 3.8) is 0 Å². The van der Waals surface area contributed by atoms with E-state index in [1.165, 1.54) is 11.8 Å². The van der Waals surface area contributed by atoms with Gasteiger partial charge in [0.1, 0.15) is 87.8 Å². The van der Waals surface area contributed by atoms with Crippen LogP contribution in [0.5, 0.6) is 11.5 Å². The van der Waals surface area contributed by atoms with E-state index >= 15 is 14.4 Å². The zero-order valence-corrected chi connectivity index (χ0v) is 78.5. The van der Waals surface area contributed by atoms with E-state index in [-0.39, 0.29) is 106 Å². The molecule has 0 unspecified atom stereocenters. The number of aliphatic hydroxyl groups is 1. The third-order valence-electron chi connectivity index (χ3n) is 20.6. The van der Waals surface area contributed by atoms with Crippen LogP contribution in [0.1, 0.15) is 234 Å². The number of aliphatic hydroxyl groups excluding tert-OH is 1. The lowest BCUT2D eigenvalue weighted by Crippen LogP contribution is -2.60. The number of likely N-dealkylation sites (tertiary alicyclic amines) is 1. The summed E-state index contributed by atoms with van der Waals surface area (Å²) in [6.45, 7) is 34.7. The number of aryl methyl sites for hydroxylation is 2. The Morgan fingerprint density at radius 3 is 1.44 bits per heavy atom. The molecular formula is C87H136N16O21S2. The predicted molar refractivity (Wildman–Crippen MR) is 473 cm³/mol. The van der Waals surface area contributed by atoms with Crippen LogP contribution in [0.4, 0.5) is 9.59 Å². The van der Waals surface area contributed by atoms with Gasteiger partial charge in [0.05, 0.1) is 28.9 Å². The van der Waals surface area contributed by atoms with Gasteiger partial charge in [0, 0.05) is 56.6 Å². The van der Waals surface area contributed by atoms with Crippen molar-refractivity contribution < 1.29 is 98.4 Å². The highest BCUT2D eigenvalue weighted by atomic mass is 32.2. The second-order valence-corrected chi connectivity index (χ2v) is 40.3. The molecule has 0 aliphatic carbocycles. The highest BCUT2D eigenvalue weighted by Gasteiger charge is 2.42. The number of nitrogens with two attached hydrogens (primary N) is 2. The molecular weight excluding hydrogens is 1670 g/mol. The lowest BCUT2D eigenvalue weighted by atomic mass is 9.97. The van der Waals surface area contributed by atoms with Crippen LogP contribution >= 0.6 is 0 Å². The molecule has 6 rings (SSSR count). The Balaban J connectivity index is 1.35. The number of aliphatic imine (C=N–C) groups is 2. The molecule has 0 aromatic heterocycles. The van der Waals surface area contributed by atoms with E-state index in [1.54, 1.807) is 153 Å². The van der Waals surface area contributed by atoms with E-state index in [0.29, 0.717) is 82.5 Å². The summed E-state index contributed by atoms with van der Waals surface area (Å²) >= 11 is 0. The number of esters is 1. The average Bonchev–Trinajstić information content (AvgIpc) is 1.57. The number of carbonyl (C=O) groups excluding carboxylic acids is 11. The van der Waals surface area contributed by atoms with Crippen LogP contribution in [0.15, 0.2) is 62.2 Å². The number of hydrogen-bond donors (Lipinski definition) is 14. The maximum absolute atomic E-state index is 15.4. The van der Waals surface area contributed by atoms with Gasteiger partial charge in [0.2, 0.25) is 59.2 Å². The Kier molecular flexibility index (Phi) is 37.0. The Bertz CT molecular complexity index is 4710.